The van der Waals surface area contributed by atoms with Crippen molar-refractivity contribution >= 4 is 41.3 Å². The van der Waals surface area contributed by atoms with Gasteiger partial charge in [-0.1, -0.05) is 36.4 Å². The first-order valence-electron chi connectivity index (χ1n) is 9.52. The Balaban J connectivity index is 0.00000300. The number of thiophene rings is 1. The van der Waals surface area contributed by atoms with Crippen molar-refractivity contribution in [3.63, 3.8) is 0 Å². The van der Waals surface area contributed by atoms with Crippen LogP contribution in [0.25, 0.3) is 0 Å². The molecule has 0 fully saturated rings. The van der Waals surface area contributed by atoms with Crippen LogP contribution in [0.1, 0.15) is 22.9 Å². The van der Waals surface area contributed by atoms with Crippen LogP contribution in [0.3, 0.4) is 0 Å². The average molecular weight is 522 g/mol. The minimum absolute atomic E-state index is 0. The number of aliphatic imine (C=N–C) groups is 1. The molecule has 0 amide bonds. The lowest BCUT2D eigenvalue weighted by molar-refractivity contribution is 0.759. The van der Waals surface area contributed by atoms with Gasteiger partial charge < -0.3 is 15.2 Å². The second kappa shape index (κ2) is 12.4. The van der Waals surface area contributed by atoms with Gasteiger partial charge in [0.1, 0.15) is 0 Å². The van der Waals surface area contributed by atoms with Gasteiger partial charge in [-0.05, 0) is 42.0 Å². The lowest BCUT2D eigenvalue weighted by atomic mass is 10.1. The van der Waals surface area contributed by atoms with Crippen LogP contribution >= 0.6 is 35.3 Å². The molecule has 7 heteroatoms. The van der Waals surface area contributed by atoms with Crippen LogP contribution in [0.15, 0.2) is 76.0 Å². The lowest BCUT2D eigenvalue weighted by Gasteiger charge is -2.11. The van der Waals surface area contributed by atoms with E-state index < -0.39 is 0 Å². The van der Waals surface area contributed by atoms with E-state index in [1.165, 1.54) is 4.88 Å². The molecule has 154 valence electrons. The fraction of sp³-hybridized carbons (Fsp3) is 0.273. The molecule has 0 aliphatic carbocycles. The third-order valence-corrected chi connectivity index (χ3v) is 5.22. The first-order chi connectivity index (χ1) is 13.7. The topological polar surface area (TPSA) is 58.4 Å². The summed E-state index contributed by atoms with van der Waals surface area (Å²) in [5.74, 6) is 0.832. The van der Waals surface area contributed by atoms with Crippen molar-refractivity contribution in [1.29, 1.82) is 0 Å². The van der Waals surface area contributed by atoms with E-state index in [1.807, 2.05) is 12.3 Å². The number of nitrogens with one attached hydrogen (secondary N) is 2. The summed E-state index contributed by atoms with van der Waals surface area (Å²) < 4.78 is 1.70. The van der Waals surface area contributed by atoms with Gasteiger partial charge in [0.15, 0.2) is 5.96 Å². The Hall–Kier alpha value is -2.13. The van der Waals surface area contributed by atoms with E-state index in [-0.39, 0.29) is 29.5 Å². The molecule has 0 saturated carbocycles. The van der Waals surface area contributed by atoms with Crippen molar-refractivity contribution in [3.05, 3.63) is 92.5 Å². The Bertz CT molecular complexity index is 936. The van der Waals surface area contributed by atoms with Crippen LogP contribution in [0.5, 0.6) is 0 Å². The van der Waals surface area contributed by atoms with Gasteiger partial charge in [-0.15, -0.1) is 35.3 Å². The third-order valence-electron chi connectivity index (χ3n) is 4.28. The van der Waals surface area contributed by atoms with E-state index in [2.05, 4.69) is 64.3 Å². The molecule has 0 unspecified atom stereocenters. The zero-order valence-corrected chi connectivity index (χ0v) is 19.7. The highest BCUT2D eigenvalue weighted by molar-refractivity contribution is 14.0. The van der Waals surface area contributed by atoms with E-state index in [0.717, 1.165) is 36.6 Å². The Kier molecular flexibility index (Phi) is 9.93. The summed E-state index contributed by atoms with van der Waals surface area (Å²) in [6, 6.07) is 17.7. The first kappa shape index (κ1) is 23.2. The van der Waals surface area contributed by atoms with Crippen molar-refractivity contribution in [1.82, 2.24) is 15.2 Å². The second-order valence-electron chi connectivity index (χ2n) is 6.43. The van der Waals surface area contributed by atoms with E-state index in [4.69, 9.17) is 0 Å². The smallest absolute Gasteiger partial charge is 0.250 e. The maximum absolute atomic E-state index is 11.8. The molecule has 0 bridgehead atoms. The summed E-state index contributed by atoms with van der Waals surface area (Å²) in [6.07, 6.45) is 2.81. The molecule has 3 aromatic rings. The van der Waals surface area contributed by atoms with Crippen LogP contribution < -0.4 is 16.2 Å². The molecule has 0 atom stereocenters. The SMILES string of the molecule is CCNC(=NCc1ccc(Cn2ccccc2=O)cc1)NCCc1cccs1.I. The van der Waals surface area contributed by atoms with Crippen LogP contribution in [0.4, 0.5) is 0 Å². The number of halogens is 1. The minimum atomic E-state index is 0. The van der Waals surface area contributed by atoms with Gasteiger partial charge in [-0.2, -0.15) is 0 Å². The number of nitrogens with zero attached hydrogens (tertiary/aromatic N) is 2. The number of guanidine groups is 1. The molecule has 0 aliphatic heterocycles. The molecule has 0 radical (unpaired) electrons. The Morgan fingerprint density at radius 3 is 2.52 bits per heavy atom. The second-order valence-corrected chi connectivity index (χ2v) is 7.47. The minimum Gasteiger partial charge on any atom is -0.357 e. The number of hydrogen-bond acceptors (Lipinski definition) is 3. The Morgan fingerprint density at radius 2 is 1.83 bits per heavy atom. The maximum atomic E-state index is 11.8. The number of aromatic nitrogens is 1. The first-order valence-corrected chi connectivity index (χ1v) is 10.4. The normalized spacial score (nSPS) is 11.0. The van der Waals surface area contributed by atoms with Crippen molar-refractivity contribution < 1.29 is 0 Å². The number of benzene rings is 1. The molecule has 0 spiro atoms. The van der Waals surface area contributed by atoms with Crippen molar-refractivity contribution in [2.75, 3.05) is 13.1 Å². The number of hydrogen-bond donors (Lipinski definition) is 2. The van der Waals surface area contributed by atoms with E-state index in [0.29, 0.717) is 13.1 Å². The highest BCUT2D eigenvalue weighted by Crippen LogP contribution is 2.09. The van der Waals surface area contributed by atoms with Gasteiger partial charge in [0.25, 0.3) is 5.56 Å². The molecule has 3 rings (SSSR count). The number of rotatable bonds is 8. The summed E-state index contributed by atoms with van der Waals surface area (Å²) in [7, 11) is 0. The fourth-order valence-electron chi connectivity index (χ4n) is 2.81. The standard InChI is InChI=1S/C22H26N4OS.HI/c1-2-23-22(24-13-12-20-6-5-15-28-20)25-16-18-8-10-19(11-9-18)17-26-14-4-3-7-21(26)27;/h3-11,14-15H,2,12-13,16-17H2,1H3,(H2,23,24,25);1H. The average Bonchev–Trinajstić information content (AvgIpc) is 3.22. The monoisotopic (exact) mass is 522 g/mol. The molecule has 29 heavy (non-hydrogen) atoms. The molecule has 0 saturated heterocycles. The fourth-order valence-corrected chi connectivity index (χ4v) is 3.52. The van der Waals surface area contributed by atoms with Gasteiger partial charge in [-0.3, -0.25) is 4.79 Å². The highest BCUT2D eigenvalue weighted by Gasteiger charge is 2.01. The zero-order valence-electron chi connectivity index (χ0n) is 16.5. The quantitative estimate of drug-likeness (QED) is 0.268. The molecular formula is C22H27IN4OS. The van der Waals surface area contributed by atoms with Gasteiger partial charge >= 0.3 is 0 Å². The number of pyridine rings is 1. The summed E-state index contributed by atoms with van der Waals surface area (Å²) in [6.45, 7) is 4.94. The molecule has 1 aromatic carbocycles. The lowest BCUT2D eigenvalue weighted by Crippen LogP contribution is -2.38. The van der Waals surface area contributed by atoms with Gasteiger partial charge in [-0.25, -0.2) is 4.99 Å². The molecule has 5 nitrogen and oxygen atoms in total. The van der Waals surface area contributed by atoms with Crippen LogP contribution in [0.2, 0.25) is 0 Å². The largest absolute Gasteiger partial charge is 0.357 e. The van der Waals surface area contributed by atoms with E-state index in [1.54, 1.807) is 28.0 Å². The summed E-state index contributed by atoms with van der Waals surface area (Å²) in [5.41, 5.74) is 2.25. The van der Waals surface area contributed by atoms with Crippen LogP contribution in [-0.2, 0) is 19.5 Å². The van der Waals surface area contributed by atoms with E-state index in [9.17, 15) is 4.79 Å². The predicted octanol–water partition coefficient (Wildman–Crippen LogP) is 3.87. The molecule has 2 N–H and O–H groups in total. The Labute approximate surface area is 192 Å². The van der Waals surface area contributed by atoms with Crippen LogP contribution in [-0.4, -0.2) is 23.6 Å². The summed E-state index contributed by atoms with van der Waals surface area (Å²) in [5, 5.41) is 8.78. The third kappa shape index (κ3) is 7.66. The molecule has 2 heterocycles. The van der Waals surface area contributed by atoms with Crippen molar-refractivity contribution in [2.24, 2.45) is 4.99 Å². The highest BCUT2D eigenvalue weighted by atomic mass is 127. The van der Waals surface area contributed by atoms with Gasteiger partial charge in [0.2, 0.25) is 0 Å². The maximum Gasteiger partial charge on any atom is 0.250 e. The predicted molar refractivity (Wildman–Crippen MR) is 133 cm³/mol. The summed E-state index contributed by atoms with van der Waals surface area (Å²) >= 11 is 1.78. The van der Waals surface area contributed by atoms with Crippen molar-refractivity contribution in [2.45, 2.75) is 26.4 Å². The van der Waals surface area contributed by atoms with Crippen LogP contribution in [0, 0.1) is 0 Å². The zero-order chi connectivity index (χ0) is 19.6. The van der Waals surface area contributed by atoms with Crippen molar-refractivity contribution in [3.8, 4) is 0 Å². The molecular weight excluding hydrogens is 495 g/mol. The van der Waals surface area contributed by atoms with E-state index >= 15 is 0 Å². The Morgan fingerprint density at radius 1 is 1.03 bits per heavy atom. The summed E-state index contributed by atoms with van der Waals surface area (Å²) in [4.78, 5) is 17.9. The molecule has 0 aliphatic rings. The van der Waals surface area contributed by atoms with Gasteiger partial charge in [0.05, 0.1) is 13.1 Å². The van der Waals surface area contributed by atoms with Gasteiger partial charge in [0, 0.05) is 30.2 Å². The molecule has 2 aromatic heterocycles.